The Kier molecular flexibility index (Phi) is 5.84. The van der Waals surface area contributed by atoms with Crippen LogP contribution in [-0.2, 0) is 10.2 Å². The maximum Gasteiger partial charge on any atom is 0.279 e. The first-order valence-corrected chi connectivity index (χ1v) is 9.45. The van der Waals surface area contributed by atoms with Crippen LogP contribution in [0.15, 0.2) is 0 Å². The Balaban J connectivity index is 1.91. The van der Waals surface area contributed by atoms with Gasteiger partial charge in [0.05, 0.1) is 0 Å². The van der Waals surface area contributed by atoms with Gasteiger partial charge < -0.3 is 5.32 Å². The zero-order valence-corrected chi connectivity index (χ0v) is 13.6. The summed E-state index contributed by atoms with van der Waals surface area (Å²) in [5.74, 6) is 0.911. The van der Waals surface area contributed by atoms with E-state index in [0.717, 1.165) is 45.2 Å². The molecular weight excluding hydrogens is 274 g/mol. The van der Waals surface area contributed by atoms with Crippen LogP contribution in [0.4, 0.5) is 0 Å². The Morgan fingerprint density at radius 2 is 2.00 bits per heavy atom. The third kappa shape index (κ3) is 4.16. The van der Waals surface area contributed by atoms with Crippen LogP contribution in [0.5, 0.6) is 0 Å². The molecule has 0 bridgehead atoms. The van der Waals surface area contributed by atoms with Crippen LogP contribution < -0.4 is 10.0 Å². The van der Waals surface area contributed by atoms with Gasteiger partial charge in [-0.05, 0) is 50.6 Å². The average Bonchev–Trinajstić information content (AvgIpc) is 2.82. The summed E-state index contributed by atoms with van der Waals surface area (Å²) in [4.78, 5) is 0. The molecule has 3 atom stereocenters. The smallest absolute Gasteiger partial charge is 0.279 e. The fourth-order valence-corrected chi connectivity index (χ4v) is 5.00. The van der Waals surface area contributed by atoms with E-state index in [1.165, 1.54) is 0 Å². The third-order valence-electron chi connectivity index (χ3n) is 4.67. The molecule has 1 aliphatic heterocycles. The van der Waals surface area contributed by atoms with Gasteiger partial charge in [-0.2, -0.15) is 17.4 Å². The van der Waals surface area contributed by atoms with Crippen molar-refractivity contribution in [3.05, 3.63) is 0 Å². The van der Waals surface area contributed by atoms with E-state index in [1.807, 2.05) is 0 Å². The summed E-state index contributed by atoms with van der Waals surface area (Å²) in [6.45, 7) is 7.41. The summed E-state index contributed by atoms with van der Waals surface area (Å²) in [6, 6.07) is 0.133. The second kappa shape index (κ2) is 7.20. The lowest BCUT2D eigenvalue weighted by Crippen LogP contribution is -2.50. The zero-order chi connectivity index (χ0) is 14.6. The Morgan fingerprint density at radius 3 is 2.65 bits per heavy atom. The molecule has 0 spiro atoms. The molecular formula is C14H29N3O2S. The molecule has 6 heteroatoms. The van der Waals surface area contributed by atoms with Crippen molar-refractivity contribution in [2.75, 3.05) is 26.2 Å². The first-order valence-electron chi connectivity index (χ1n) is 8.01. The van der Waals surface area contributed by atoms with Gasteiger partial charge in [0.1, 0.15) is 0 Å². The SMILES string of the molecule is CCNCC1CCCN(S(=O)(=O)NC2CCCC2C)C1. The normalized spacial score (nSPS) is 32.6. The van der Waals surface area contributed by atoms with E-state index in [-0.39, 0.29) is 6.04 Å². The first-order chi connectivity index (χ1) is 9.53. The summed E-state index contributed by atoms with van der Waals surface area (Å²) in [5, 5.41) is 3.33. The molecule has 2 fully saturated rings. The lowest BCUT2D eigenvalue weighted by atomic mass is 10.00. The second-order valence-corrected chi connectivity index (χ2v) is 8.01. The number of hydrogen-bond donors (Lipinski definition) is 2. The Labute approximate surface area is 123 Å². The maximum absolute atomic E-state index is 12.5. The van der Waals surface area contributed by atoms with Crippen molar-refractivity contribution in [1.29, 1.82) is 0 Å². The summed E-state index contributed by atoms with van der Waals surface area (Å²) < 4.78 is 29.6. The Morgan fingerprint density at radius 1 is 1.20 bits per heavy atom. The van der Waals surface area contributed by atoms with Crippen LogP contribution in [0.2, 0.25) is 0 Å². The number of piperidine rings is 1. The van der Waals surface area contributed by atoms with Crippen molar-refractivity contribution in [2.24, 2.45) is 11.8 Å². The van der Waals surface area contributed by atoms with Gasteiger partial charge in [0.2, 0.25) is 0 Å². The molecule has 118 valence electrons. The van der Waals surface area contributed by atoms with Crippen LogP contribution in [0, 0.1) is 11.8 Å². The standard InChI is InChI=1S/C14H29N3O2S/c1-3-15-10-13-7-5-9-17(11-13)20(18,19)16-14-8-4-6-12(14)2/h12-16H,3-11H2,1-2H3. The molecule has 20 heavy (non-hydrogen) atoms. The average molecular weight is 303 g/mol. The van der Waals surface area contributed by atoms with E-state index in [9.17, 15) is 8.42 Å². The van der Waals surface area contributed by atoms with Crippen LogP contribution in [0.1, 0.15) is 46.0 Å². The summed E-state index contributed by atoms with van der Waals surface area (Å²) in [5.41, 5.74) is 0. The fourth-order valence-electron chi connectivity index (χ4n) is 3.35. The van der Waals surface area contributed by atoms with Crippen molar-refractivity contribution in [2.45, 2.75) is 52.0 Å². The van der Waals surface area contributed by atoms with Gasteiger partial charge in [-0.15, -0.1) is 0 Å². The highest BCUT2D eigenvalue weighted by Crippen LogP contribution is 2.26. The topological polar surface area (TPSA) is 61.4 Å². The van der Waals surface area contributed by atoms with Gasteiger partial charge in [-0.3, -0.25) is 0 Å². The molecule has 0 radical (unpaired) electrons. The lowest BCUT2D eigenvalue weighted by molar-refractivity contribution is 0.256. The van der Waals surface area contributed by atoms with Gasteiger partial charge in [0.15, 0.2) is 0 Å². The molecule has 5 nitrogen and oxygen atoms in total. The molecule has 0 aromatic rings. The van der Waals surface area contributed by atoms with Crippen LogP contribution in [-0.4, -0.2) is 44.9 Å². The largest absolute Gasteiger partial charge is 0.317 e. The molecule has 2 N–H and O–H groups in total. The quantitative estimate of drug-likeness (QED) is 0.778. The molecule has 3 unspecified atom stereocenters. The molecule has 2 aliphatic rings. The number of hydrogen-bond acceptors (Lipinski definition) is 3. The molecule has 0 amide bonds. The van der Waals surface area contributed by atoms with E-state index in [2.05, 4.69) is 23.9 Å². The molecule has 1 saturated carbocycles. The summed E-state index contributed by atoms with van der Waals surface area (Å²) >= 11 is 0. The van der Waals surface area contributed by atoms with Gasteiger partial charge in [-0.1, -0.05) is 20.3 Å². The van der Waals surface area contributed by atoms with Crippen LogP contribution in [0.25, 0.3) is 0 Å². The van der Waals surface area contributed by atoms with Crippen molar-refractivity contribution >= 4 is 10.2 Å². The molecule has 1 saturated heterocycles. The molecule has 1 aliphatic carbocycles. The van der Waals surface area contributed by atoms with E-state index in [4.69, 9.17) is 0 Å². The Bertz CT molecular complexity index is 399. The minimum atomic E-state index is -3.30. The minimum Gasteiger partial charge on any atom is -0.317 e. The van der Waals surface area contributed by atoms with Gasteiger partial charge >= 0.3 is 0 Å². The van der Waals surface area contributed by atoms with Crippen molar-refractivity contribution in [3.8, 4) is 0 Å². The predicted molar refractivity (Wildman–Crippen MR) is 81.7 cm³/mol. The van der Waals surface area contributed by atoms with E-state index in [1.54, 1.807) is 4.31 Å². The maximum atomic E-state index is 12.5. The highest BCUT2D eigenvalue weighted by atomic mass is 32.2. The zero-order valence-electron chi connectivity index (χ0n) is 12.8. The Hall–Kier alpha value is -0.170. The third-order valence-corrected chi connectivity index (χ3v) is 6.28. The molecule has 0 aromatic heterocycles. The highest BCUT2D eigenvalue weighted by molar-refractivity contribution is 7.87. The lowest BCUT2D eigenvalue weighted by Gasteiger charge is -2.33. The van der Waals surface area contributed by atoms with Crippen LogP contribution in [0.3, 0.4) is 0 Å². The van der Waals surface area contributed by atoms with Gasteiger partial charge in [-0.25, -0.2) is 0 Å². The number of nitrogens with one attached hydrogen (secondary N) is 2. The number of nitrogens with zero attached hydrogens (tertiary/aromatic N) is 1. The van der Waals surface area contributed by atoms with E-state index in [0.29, 0.717) is 24.9 Å². The van der Waals surface area contributed by atoms with Gasteiger partial charge in [0, 0.05) is 19.1 Å². The predicted octanol–water partition coefficient (Wildman–Crippen LogP) is 1.33. The molecule has 0 aromatic carbocycles. The van der Waals surface area contributed by atoms with Crippen molar-refractivity contribution in [3.63, 3.8) is 0 Å². The van der Waals surface area contributed by atoms with E-state index >= 15 is 0 Å². The van der Waals surface area contributed by atoms with Crippen molar-refractivity contribution in [1.82, 2.24) is 14.3 Å². The van der Waals surface area contributed by atoms with Gasteiger partial charge in [0.25, 0.3) is 10.2 Å². The second-order valence-electron chi connectivity index (χ2n) is 6.31. The number of rotatable bonds is 6. The summed E-state index contributed by atoms with van der Waals surface area (Å²) in [6.07, 6.45) is 5.35. The monoisotopic (exact) mass is 303 g/mol. The first kappa shape index (κ1) is 16.2. The fraction of sp³-hybridized carbons (Fsp3) is 1.00. The van der Waals surface area contributed by atoms with E-state index < -0.39 is 10.2 Å². The summed E-state index contributed by atoms with van der Waals surface area (Å²) in [7, 11) is -3.30. The highest BCUT2D eigenvalue weighted by Gasteiger charge is 2.33. The molecule has 1 heterocycles. The minimum absolute atomic E-state index is 0.133. The molecule has 2 rings (SSSR count). The van der Waals surface area contributed by atoms with Crippen molar-refractivity contribution < 1.29 is 8.42 Å². The van der Waals surface area contributed by atoms with Crippen LogP contribution >= 0.6 is 0 Å².